The number of rotatable bonds is 1. The van der Waals surface area contributed by atoms with Crippen LogP contribution in [0.3, 0.4) is 0 Å². The van der Waals surface area contributed by atoms with Gasteiger partial charge in [-0.2, -0.15) is 4.98 Å². The van der Waals surface area contributed by atoms with Gasteiger partial charge >= 0.3 is 0 Å². The van der Waals surface area contributed by atoms with E-state index >= 15 is 0 Å². The largest absolute Gasteiger partial charge is 0.492 e. The first kappa shape index (κ1) is 11.9. The fourth-order valence-corrected chi connectivity index (χ4v) is 1.75. The quantitative estimate of drug-likeness (QED) is 0.849. The Hall–Kier alpha value is -1.62. The van der Waals surface area contributed by atoms with Crippen LogP contribution in [0.4, 0.5) is 0 Å². The summed E-state index contributed by atoms with van der Waals surface area (Å²) < 4.78 is 0.0477. The molecule has 2 aromatic rings. The number of H-pyrrole nitrogens is 1. The van der Waals surface area contributed by atoms with Gasteiger partial charge < -0.3 is 10.1 Å². The number of nitrogens with one attached hydrogen (secondary N) is 1. The summed E-state index contributed by atoms with van der Waals surface area (Å²) in [5.74, 6) is 0.0709. The molecule has 5 heteroatoms. The first-order chi connectivity index (χ1) is 7.99. The lowest BCUT2D eigenvalue weighted by molar-refractivity contribution is 0.448. The summed E-state index contributed by atoms with van der Waals surface area (Å²) in [6.07, 6.45) is 0. The molecule has 4 nitrogen and oxygen atoms in total. The molecule has 2 N–H and O–H groups in total. The molecule has 1 heterocycles. The molecule has 0 aliphatic rings. The third-order valence-electron chi connectivity index (χ3n) is 2.49. The summed E-state index contributed by atoms with van der Waals surface area (Å²) in [5.41, 5.74) is 2.47. The van der Waals surface area contributed by atoms with Crippen molar-refractivity contribution < 1.29 is 5.11 Å². The summed E-state index contributed by atoms with van der Waals surface area (Å²) >= 11 is 2.96. The van der Waals surface area contributed by atoms with Crippen molar-refractivity contribution in [1.29, 1.82) is 0 Å². The van der Waals surface area contributed by atoms with E-state index in [2.05, 4.69) is 25.9 Å². The highest BCUT2D eigenvalue weighted by molar-refractivity contribution is 9.10. The van der Waals surface area contributed by atoms with Crippen LogP contribution in [0.2, 0.25) is 0 Å². The minimum absolute atomic E-state index is 0.0477. The molecule has 0 atom stereocenters. The van der Waals surface area contributed by atoms with E-state index in [0.29, 0.717) is 5.82 Å². The zero-order valence-corrected chi connectivity index (χ0v) is 11.0. The summed E-state index contributed by atoms with van der Waals surface area (Å²) in [6.45, 7) is 3.88. The number of benzene rings is 1. The van der Waals surface area contributed by atoms with Crippen LogP contribution in [0.15, 0.2) is 27.5 Å². The van der Waals surface area contributed by atoms with Gasteiger partial charge in [-0.05, 0) is 41.4 Å². The number of hydrogen-bond acceptors (Lipinski definition) is 3. The number of aromatic hydroxyl groups is 1. The summed E-state index contributed by atoms with van der Waals surface area (Å²) in [5, 5.41) is 9.52. The molecule has 88 valence electrons. The topological polar surface area (TPSA) is 66.0 Å². The maximum absolute atomic E-state index is 11.5. The Bertz CT molecular complexity index is 635. The van der Waals surface area contributed by atoms with Crippen molar-refractivity contribution in [2.75, 3.05) is 0 Å². The maximum Gasteiger partial charge on any atom is 0.269 e. The number of aromatic amines is 1. The smallest absolute Gasteiger partial charge is 0.269 e. The van der Waals surface area contributed by atoms with E-state index in [-0.39, 0.29) is 10.4 Å². The Balaban J connectivity index is 2.69. The summed E-state index contributed by atoms with van der Waals surface area (Å²) in [7, 11) is 0. The Kier molecular flexibility index (Phi) is 3.02. The minimum atomic E-state index is -0.395. The van der Waals surface area contributed by atoms with Gasteiger partial charge in [-0.3, -0.25) is 4.79 Å². The molecule has 1 aromatic carbocycles. The van der Waals surface area contributed by atoms with Gasteiger partial charge in [-0.1, -0.05) is 17.7 Å². The van der Waals surface area contributed by atoms with Crippen LogP contribution in [0.1, 0.15) is 11.1 Å². The second kappa shape index (κ2) is 4.33. The third-order valence-corrected chi connectivity index (χ3v) is 3.21. The maximum atomic E-state index is 11.5. The molecule has 0 bridgehead atoms. The molecule has 0 radical (unpaired) electrons. The average molecular weight is 295 g/mol. The van der Waals surface area contributed by atoms with Crippen LogP contribution in [0, 0.1) is 13.8 Å². The predicted molar refractivity (Wildman–Crippen MR) is 69.1 cm³/mol. The Morgan fingerprint density at radius 1 is 1.35 bits per heavy atom. The minimum Gasteiger partial charge on any atom is -0.492 e. The van der Waals surface area contributed by atoms with E-state index in [9.17, 15) is 9.90 Å². The molecule has 2 rings (SSSR count). The highest BCUT2D eigenvalue weighted by atomic mass is 79.9. The Labute approximate surface area is 106 Å². The zero-order chi connectivity index (χ0) is 12.6. The van der Waals surface area contributed by atoms with Crippen molar-refractivity contribution in [3.8, 4) is 17.3 Å². The molecule has 0 saturated heterocycles. The second-order valence-electron chi connectivity index (χ2n) is 3.87. The molecular formula is C12H11BrN2O2. The fraction of sp³-hybridized carbons (Fsp3) is 0.167. The number of hydrogen-bond donors (Lipinski definition) is 2. The van der Waals surface area contributed by atoms with Gasteiger partial charge in [-0.15, -0.1) is 0 Å². The highest BCUT2D eigenvalue weighted by Gasteiger charge is 2.10. The van der Waals surface area contributed by atoms with Crippen LogP contribution in [-0.4, -0.2) is 15.1 Å². The van der Waals surface area contributed by atoms with Crippen molar-refractivity contribution in [1.82, 2.24) is 9.97 Å². The highest BCUT2D eigenvalue weighted by Crippen LogP contribution is 2.24. The molecule has 0 fully saturated rings. The van der Waals surface area contributed by atoms with Crippen molar-refractivity contribution in [3.05, 3.63) is 44.2 Å². The van der Waals surface area contributed by atoms with Gasteiger partial charge in [0, 0.05) is 5.56 Å². The predicted octanol–water partition coefficient (Wildman–Crippen LogP) is 2.52. The molecule has 0 unspecified atom stereocenters. The SMILES string of the molecule is Cc1ccc(C)c(-c2nc(O)c(Br)c(=O)[nH]2)c1. The monoisotopic (exact) mass is 294 g/mol. The average Bonchev–Trinajstić information content (AvgIpc) is 2.28. The molecule has 0 amide bonds. The Morgan fingerprint density at radius 2 is 2.06 bits per heavy atom. The van der Waals surface area contributed by atoms with Gasteiger partial charge in [0.25, 0.3) is 5.56 Å². The standard InChI is InChI=1S/C12H11BrN2O2/c1-6-3-4-7(2)8(5-6)10-14-11(16)9(13)12(17)15-10/h3-5H,1-2H3,(H2,14,15,16,17). The van der Waals surface area contributed by atoms with Crippen LogP contribution in [0.25, 0.3) is 11.4 Å². The lowest BCUT2D eigenvalue weighted by Crippen LogP contribution is -2.10. The molecule has 0 aliphatic carbocycles. The van der Waals surface area contributed by atoms with Crippen LogP contribution in [-0.2, 0) is 0 Å². The molecule has 1 aromatic heterocycles. The lowest BCUT2D eigenvalue weighted by Gasteiger charge is -2.07. The summed E-state index contributed by atoms with van der Waals surface area (Å²) in [6, 6.07) is 5.85. The van der Waals surface area contributed by atoms with Crippen molar-refractivity contribution in [2.24, 2.45) is 0 Å². The Morgan fingerprint density at radius 3 is 2.71 bits per heavy atom. The number of aromatic nitrogens is 2. The van der Waals surface area contributed by atoms with Crippen LogP contribution in [0.5, 0.6) is 5.88 Å². The van der Waals surface area contributed by atoms with Gasteiger partial charge in [-0.25, -0.2) is 0 Å². The molecule has 17 heavy (non-hydrogen) atoms. The third kappa shape index (κ3) is 2.24. The van der Waals surface area contributed by atoms with Crippen LogP contribution >= 0.6 is 15.9 Å². The first-order valence-electron chi connectivity index (χ1n) is 5.05. The van der Waals surface area contributed by atoms with E-state index < -0.39 is 5.56 Å². The zero-order valence-electron chi connectivity index (χ0n) is 9.41. The normalized spacial score (nSPS) is 10.5. The van der Waals surface area contributed by atoms with Crippen LogP contribution < -0.4 is 5.56 Å². The van der Waals surface area contributed by atoms with E-state index in [1.807, 2.05) is 32.0 Å². The molecule has 0 saturated carbocycles. The molecular weight excluding hydrogens is 284 g/mol. The molecule has 0 spiro atoms. The first-order valence-corrected chi connectivity index (χ1v) is 5.84. The van der Waals surface area contributed by atoms with Crippen molar-refractivity contribution in [3.63, 3.8) is 0 Å². The van der Waals surface area contributed by atoms with E-state index in [1.165, 1.54) is 0 Å². The summed E-state index contributed by atoms with van der Waals surface area (Å²) in [4.78, 5) is 18.1. The van der Waals surface area contributed by atoms with Gasteiger partial charge in [0.2, 0.25) is 5.88 Å². The van der Waals surface area contributed by atoms with Gasteiger partial charge in [0.1, 0.15) is 10.3 Å². The number of aryl methyl sites for hydroxylation is 2. The van der Waals surface area contributed by atoms with E-state index in [0.717, 1.165) is 16.7 Å². The fourth-order valence-electron chi connectivity index (χ4n) is 1.57. The van der Waals surface area contributed by atoms with Crippen molar-refractivity contribution >= 4 is 15.9 Å². The molecule has 0 aliphatic heterocycles. The van der Waals surface area contributed by atoms with E-state index in [4.69, 9.17) is 0 Å². The lowest BCUT2D eigenvalue weighted by atomic mass is 10.1. The second-order valence-corrected chi connectivity index (χ2v) is 4.66. The van der Waals surface area contributed by atoms with Gasteiger partial charge in [0.15, 0.2) is 0 Å². The number of halogens is 1. The van der Waals surface area contributed by atoms with Crippen molar-refractivity contribution in [2.45, 2.75) is 13.8 Å². The van der Waals surface area contributed by atoms with Gasteiger partial charge in [0.05, 0.1) is 0 Å². The van der Waals surface area contributed by atoms with E-state index in [1.54, 1.807) is 0 Å². The number of nitrogens with zero attached hydrogens (tertiary/aromatic N) is 1.